The Morgan fingerprint density at radius 1 is 1.16 bits per heavy atom. The molecule has 0 bridgehead atoms. The Morgan fingerprint density at radius 3 is 2.66 bits per heavy atom. The number of thiazole rings is 1. The van der Waals surface area contributed by atoms with Crippen molar-refractivity contribution < 1.29 is 4.79 Å². The monoisotopic (exact) mass is 503 g/mol. The highest BCUT2D eigenvalue weighted by Gasteiger charge is 2.18. The lowest BCUT2D eigenvalue weighted by atomic mass is 10.1. The molecular formula is C22H19Cl2N5OS2. The van der Waals surface area contributed by atoms with E-state index < -0.39 is 0 Å². The van der Waals surface area contributed by atoms with E-state index in [9.17, 15) is 4.79 Å². The van der Waals surface area contributed by atoms with Crippen LogP contribution >= 0.6 is 46.3 Å². The number of rotatable bonds is 7. The van der Waals surface area contributed by atoms with E-state index in [1.54, 1.807) is 12.1 Å². The van der Waals surface area contributed by atoms with Crippen LogP contribution in [0.25, 0.3) is 22.6 Å². The molecule has 0 saturated heterocycles. The minimum Gasteiger partial charge on any atom is -0.302 e. The van der Waals surface area contributed by atoms with Crippen LogP contribution in [-0.4, -0.2) is 31.4 Å². The third-order valence-corrected chi connectivity index (χ3v) is 7.03. The average Bonchev–Trinajstić information content (AvgIpc) is 3.35. The summed E-state index contributed by atoms with van der Waals surface area (Å²) >= 11 is 15.1. The zero-order valence-corrected chi connectivity index (χ0v) is 20.4. The second-order valence-electron chi connectivity index (χ2n) is 6.80. The molecule has 0 aliphatic heterocycles. The SMILES string of the molecule is CCn1c(SCC(=O)Nc2nc(-c3ccccc3)c(C)s2)nnc1-c1ccc(Cl)cc1Cl. The van der Waals surface area contributed by atoms with E-state index in [-0.39, 0.29) is 11.7 Å². The number of halogens is 2. The third-order valence-electron chi connectivity index (χ3n) is 4.63. The number of benzene rings is 2. The number of amides is 1. The fourth-order valence-corrected chi connectivity index (χ4v) is 5.30. The lowest BCUT2D eigenvalue weighted by Gasteiger charge is -2.08. The van der Waals surface area contributed by atoms with E-state index >= 15 is 0 Å². The van der Waals surface area contributed by atoms with E-state index in [2.05, 4.69) is 20.5 Å². The van der Waals surface area contributed by atoms with E-state index in [4.69, 9.17) is 23.2 Å². The first kappa shape index (κ1) is 22.8. The highest BCUT2D eigenvalue weighted by atomic mass is 35.5. The third kappa shape index (κ3) is 4.99. The van der Waals surface area contributed by atoms with Crippen molar-refractivity contribution >= 4 is 57.3 Å². The summed E-state index contributed by atoms with van der Waals surface area (Å²) in [5.74, 6) is 0.673. The molecule has 0 fully saturated rings. The number of aryl methyl sites for hydroxylation is 1. The summed E-state index contributed by atoms with van der Waals surface area (Å²) in [6.07, 6.45) is 0. The van der Waals surface area contributed by atoms with E-state index in [1.807, 2.05) is 54.8 Å². The Hall–Kier alpha value is -2.39. The minimum absolute atomic E-state index is 0.153. The van der Waals surface area contributed by atoms with Crippen LogP contribution in [0.1, 0.15) is 11.8 Å². The van der Waals surface area contributed by atoms with Crippen molar-refractivity contribution in [3.05, 3.63) is 63.5 Å². The smallest absolute Gasteiger partial charge is 0.236 e. The van der Waals surface area contributed by atoms with Crippen molar-refractivity contribution in [2.45, 2.75) is 25.5 Å². The molecule has 2 aromatic carbocycles. The van der Waals surface area contributed by atoms with Gasteiger partial charge in [0.15, 0.2) is 16.1 Å². The molecule has 0 atom stereocenters. The molecule has 10 heteroatoms. The molecule has 0 spiro atoms. The second-order valence-corrected chi connectivity index (χ2v) is 9.79. The van der Waals surface area contributed by atoms with Gasteiger partial charge < -0.3 is 9.88 Å². The topological polar surface area (TPSA) is 72.7 Å². The molecule has 0 unspecified atom stereocenters. The Kier molecular flexibility index (Phi) is 7.15. The van der Waals surface area contributed by atoms with Gasteiger partial charge in [0, 0.05) is 27.6 Å². The molecule has 32 heavy (non-hydrogen) atoms. The number of nitrogens with one attached hydrogen (secondary N) is 1. The number of nitrogens with zero attached hydrogens (tertiary/aromatic N) is 4. The molecule has 0 aliphatic carbocycles. The van der Waals surface area contributed by atoms with Crippen LogP contribution in [0.2, 0.25) is 10.0 Å². The summed E-state index contributed by atoms with van der Waals surface area (Å²) in [6, 6.07) is 15.2. The van der Waals surface area contributed by atoms with Crippen molar-refractivity contribution in [3.63, 3.8) is 0 Å². The van der Waals surface area contributed by atoms with Gasteiger partial charge in [-0.2, -0.15) is 0 Å². The van der Waals surface area contributed by atoms with Gasteiger partial charge in [-0.25, -0.2) is 4.98 Å². The van der Waals surface area contributed by atoms with Crippen LogP contribution in [0, 0.1) is 6.92 Å². The van der Waals surface area contributed by atoms with Crippen LogP contribution in [0.15, 0.2) is 53.7 Å². The van der Waals surface area contributed by atoms with E-state index in [0.29, 0.717) is 32.7 Å². The van der Waals surface area contributed by atoms with Crippen molar-refractivity contribution in [3.8, 4) is 22.6 Å². The first-order chi connectivity index (χ1) is 15.5. The predicted octanol–water partition coefficient (Wildman–Crippen LogP) is 6.43. The maximum Gasteiger partial charge on any atom is 0.236 e. The van der Waals surface area contributed by atoms with Crippen LogP contribution < -0.4 is 5.32 Å². The zero-order valence-electron chi connectivity index (χ0n) is 17.3. The van der Waals surface area contributed by atoms with E-state index in [1.165, 1.54) is 23.1 Å². The number of hydrogen-bond donors (Lipinski definition) is 1. The second kappa shape index (κ2) is 10.0. The van der Waals surface area contributed by atoms with Gasteiger partial charge in [0.2, 0.25) is 5.91 Å². The van der Waals surface area contributed by atoms with Gasteiger partial charge >= 0.3 is 0 Å². The number of hydrogen-bond acceptors (Lipinski definition) is 6. The van der Waals surface area contributed by atoms with Crippen molar-refractivity contribution in [1.82, 2.24) is 19.7 Å². The van der Waals surface area contributed by atoms with Crippen LogP contribution in [0.4, 0.5) is 5.13 Å². The quantitative estimate of drug-likeness (QED) is 0.294. The maximum atomic E-state index is 12.6. The Morgan fingerprint density at radius 2 is 1.94 bits per heavy atom. The van der Waals surface area contributed by atoms with Crippen LogP contribution in [0.5, 0.6) is 0 Å². The molecule has 4 aromatic rings. The van der Waals surface area contributed by atoms with Gasteiger partial charge in [0.1, 0.15) is 0 Å². The Labute approximate surface area is 204 Å². The van der Waals surface area contributed by atoms with Crippen molar-refractivity contribution in [1.29, 1.82) is 0 Å². The zero-order chi connectivity index (χ0) is 22.7. The van der Waals surface area contributed by atoms with Crippen LogP contribution in [0.3, 0.4) is 0 Å². The van der Waals surface area contributed by atoms with Gasteiger partial charge in [-0.1, -0.05) is 65.3 Å². The molecule has 0 aliphatic rings. The molecule has 1 N–H and O–H groups in total. The highest BCUT2D eigenvalue weighted by molar-refractivity contribution is 7.99. The summed E-state index contributed by atoms with van der Waals surface area (Å²) in [5, 5.41) is 13.7. The Bertz CT molecular complexity index is 1260. The standard InChI is InChI=1S/C22H19Cl2N5OS2/c1-3-29-20(16-10-9-15(23)11-17(16)24)27-28-22(29)31-12-18(30)25-21-26-19(13(2)32-21)14-7-5-4-6-8-14/h4-11H,3,12H2,1-2H3,(H,25,26,30). The summed E-state index contributed by atoms with van der Waals surface area (Å²) < 4.78 is 1.92. The fourth-order valence-electron chi connectivity index (χ4n) is 3.15. The number of carbonyl (C=O) groups excluding carboxylic acids is 1. The highest BCUT2D eigenvalue weighted by Crippen LogP contribution is 2.32. The summed E-state index contributed by atoms with van der Waals surface area (Å²) in [7, 11) is 0. The normalized spacial score (nSPS) is 11.0. The first-order valence-corrected chi connectivity index (χ1v) is 12.4. The van der Waals surface area contributed by atoms with E-state index in [0.717, 1.165) is 21.7 Å². The summed E-state index contributed by atoms with van der Waals surface area (Å²) in [4.78, 5) is 18.2. The van der Waals surface area contributed by atoms with Gasteiger partial charge in [-0.15, -0.1) is 21.5 Å². The minimum atomic E-state index is -0.153. The average molecular weight is 504 g/mol. The largest absolute Gasteiger partial charge is 0.302 e. The molecule has 164 valence electrons. The molecule has 1 amide bonds. The number of thioether (sulfide) groups is 1. The van der Waals surface area contributed by atoms with Gasteiger partial charge in [0.05, 0.1) is 16.5 Å². The van der Waals surface area contributed by atoms with Gasteiger partial charge in [-0.3, -0.25) is 4.79 Å². The van der Waals surface area contributed by atoms with Crippen molar-refractivity contribution in [2.75, 3.05) is 11.1 Å². The number of anilines is 1. The summed E-state index contributed by atoms with van der Waals surface area (Å²) in [6.45, 7) is 4.62. The lowest BCUT2D eigenvalue weighted by molar-refractivity contribution is -0.113. The van der Waals surface area contributed by atoms with Crippen molar-refractivity contribution in [2.24, 2.45) is 0 Å². The van der Waals surface area contributed by atoms with Crippen LogP contribution in [-0.2, 0) is 11.3 Å². The lowest BCUT2D eigenvalue weighted by Crippen LogP contribution is -2.14. The predicted molar refractivity (Wildman–Crippen MR) is 133 cm³/mol. The van der Waals surface area contributed by atoms with Gasteiger partial charge in [0.25, 0.3) is 0 Å². The Balaban J connectivity index is 1.44. The number of aromatic nitrogens is 4. The fraction of sp³-hybridized carbons (Fsp3) is 0.182. The molecular weight excluding hydrogens is 485 g/mol. The maximum absolute atomic E-state index is 12.6. The van der Waals surface area contributed by atoms with Gasteiger partial charge in [-0.05, 0) is 32.0 Å². The number of carbonyl (C=O) groups is 1. The molecule has 2 heterocycles. The summed E-state index contributed by atoms with van der Waals surface area (Å²) in [5.41, 5.74) is 2.66. The molecule has 6 nitrogen and oxygen atoms in total. The molecule has 4 rings (SSSR count). The first-order valence-electron chi connectivity index (χ1n) is 9.80. The molecule has 0 radical (unpaired) electrons. The molecule has 2 aromatic heterocycles. The molecule has 0 saturated carbocycles.